The molecule has 0 bridgehead atoms. The van der Waals surface area contributed by atoms with Crippen molar-refractivity contribution in [1.82, 2.24) is 34.3 Å². The molecular weight excluding hydrogens is 340 g/mol. The molecular formula is C17H15F2N7. The van der Waals surface area contributed by atoms with Gasteiger partial charge in [0, 0.05) is 23.9 Å². The van der Waals surface area contributed by atoms with Crippen LogP contribution in [0.2, 0.25) is 0 Å². The Bertz CT molecular complexity index is 1100. The van der Waals surface area contributed by atoms with Gasteiger partial charge in [-0.2, -0.15) is 15.2 Å². The van der Waals surface area contributed by atoms with Crippen molar-refractivity contribution in [2.24, 2.45) is 0 Å². The van der Waals surface area contributed by atoms with E-state index >= 15 is 0 Å². The lowest BCUT2D eigenvalue weighted by Gasteiger charge is -2.11. The number of aryl methyl sites for hydroxylation is 3. The molecule has 0 saturated carbocycles. The van der Waals surface area contributed by atoms with Crippen LogP contribution < -0.4 is 0 Å². The average molecular weight is 355 g/mol. The maximum atomic E-state index is 14.1. The summed E-state index contributed by atoms with van der Waals surface area (Å²) in [4.78, 5) is 12.8. The monoisotopic (exact) mass is 355 g/mol. The molecule has 3 aromatic heterocycles. The zero-order valence-electron chi connectivity index (χ0n) is 14.2. The second-order valence-electron chi connectivity index (χ2n) is 5.92. The first kappa shape index (κ1) is 16.2. The van der Waals surface area contributed by atoms with Crippen LogP contribution in [0.4, 0.5) is 8.78 Å². The number of fused-ring (bicyclic) bond motifs is 1. The molecule has 26 heavy (non-hydrogen) atoms. The van der Waals surface area contributed by atoms with Crippen LogP contribution in [0.3, 0.4) is 0 Å². The van der Waals surface area contributed by atoms with Gasteiger partial charge in [-0.25, -0.2) is 27.9 Å². The molecule has 4 rings (SSSR count). The molecule has 1 aromatic carbocycles. The molecule has 0 aliphatic heterocycles. The van der Waals surface area contributed by atoms with Gasteiger partial charge < -0.3 is 0 Å². The van der Waals surface area contributed by atoms with Crippen LogP contribution in [0.15, 0.2) is 30.9 Å². The summed E-state index contributed by atoms with van der Waals surface area (Å²) in [5.41, 5.74) is 3.00. The maximum absolute atomic E-state index is 14.1. The van der Waals surface area contributed by atoms with Crippen LogP contribution in [0.5, 0.6) is 0 Å². The van der Waals surface area contributed by atoms with Gasteiger partial charge in [0.1, 0.15) is 30.0 Å². The van der Waals surface area contributed by atoms with Gasteiger partial charge in [0.15, 0.2) is 5.82 Å². The molecule has 9 heteroatoms. The molecule has 0 aliphatic rings. The summed E-state index contributed by atoms with van der Waals surface area (Å²) in [6.07, 6.45) is 3.96. The third-order valence-corrected chi connectivity index (χ3v) is 4.34. The Morgan fingerprint density at radius 3 is 2.62 bits per heavy atom. The van der Waals surface area contributed by atoms with E-state index in [-0.39, 0.29) is 5.69 Å². The van der Waals surface area contributed by atoms with E-state index in [1.54, 1.807) is 4.52 Å². The number of benzene rings is 1. The standard InChI is InChI=1S/C17H15F2N7/c1-10-13(11(2)25-17(24-10)21-9-22-25)4-6-16-20-8-23-26(16)15-5-3-12(18)7-14(15)19/h3,5,7-9H,4,6H2,1-2H3. The number of rotatable bonds is 4. The molecule has 0 fully saturated rings. The fourth-order valence-corrected chi connectivity index (χ4v) is 3.04. The van der Waals surface area contributed by atoms with Gasteiger partial charge in [-0.15, -0.1) is 0 Å². The number of nitrogens with zero attached hydrogens (tertiary/aromatic N) is 7. The lowest BCUT2D eigenvalue weighted by atomic mass is 10.1. The number of hydrogen-bond acceptors (Lipinski definition) is 5. The molecule has 4 aromatic rings. The lowest BCUT2D eigenvalue weighted by molar-refractivity contribution is 0.570. The van der Waals surface area contributed by atoms with Crippen molar-refractivity contribution in [1.29, 1.82) is 0 Å². The Labute approximate surface area is 147 Å². The van der Waals surface area contributed by atoms with E-state index in [2.05, 4.69) is 25.1 Å². The Morgan fingerprint density at radius 2 is 1.81 bits per heavy atom. The largest absolute Gasteiger partial charge is 0.252 e. The zero-order valence-corrected chi connectivity index (χ0v) is 14.2. The fraction of sp³-hybridized carbons (Fsp3) is 0.235. The van der Waals surface area contributed by atoms with E-state index in [4.69, 9.17) is 0 Å². The highest BCUT2D eigenvalue weighted by Gasteiger charge is 2.15. The normalized spacial score (nSPS) is 11.4. The van der Waals surface area contributed by atoms with Gasteiger partial charge in [-0.3, -0.25) is 0 Å². The van der Waals surface area contributed by atoms with E-state index in [0.29, 0.717) is 24.4 Å². The van der Waals surface area contributed by atoms with Gasteiger partial charge in [-0.05, 0) is 38.0 Å². The minimum atomic E-state index is -0.685. The second-order valence-corrected chi connectivity index (χ2v) is 5.92. The van der Waals surface area contributed by atoms with Gasteiger partial charge in [0.25, 0.3) is 5.78 Å². The number of hydrogen-bond donors (Lipinski definition) is 0. The molecule has 3 heterocycles. The minimum Gasteiger partial charge on any atom is -0.220 e. The van der Waals surface area contributed by atoms with Gasteiger partial charge >= 0.3 is 0 Å². The molecule has 0 saturated heterocycles. The van der Waals surface area contributed by atoms with Gasteiger partial charge in [0.2, 0.25) is 0 Å². The highest BCUT2D eigenvalue weighted by molar-refractivity contribution is 5.37. The molecule has 0 atom stereocenters. The lowest BCUT2D eigenvalue weighted by Crippen LogP contribution is -2.10. The van der Waals surface area contributed by atoms with Gasteiger partial charge in [0.05, 0.1) is 0 Å². The topological polar surface area (TPSA) is 73.8 Å². The Hall–Kier alpha value is -3.23. The average Bonchev–Trinajstić information content (AvgIpc) is 3.24. The van der Waals surface area contributed by atoms with Crippen LogP contribution in [0.1, 0.15) is 22.8 Å². The molecule has 0 aliphatic carbocycles. The molecule has 0 radical (unpaired) electrons. The first-order chi connectivity index (χ1) is 12.5. The number of halogens is 2. The van der Waals surface area contributed by atoms with Crippen LogP contribution >= 0.6 is 0 Å². The van der Waals surface area contributed by atoms with Crippen LogP contribution in [0.25, 0.3) is 11.5 Å². The highest BCUT2D eigenvalue weighted by Crippen LogP contribution is 2.18. The third-order valence-electron chi connectivity index (χ3n) is 4.34. The smallest absolute Gasteiger partial charge is 0.220 e. The summed E-state index contributed by atoms with van der Waals surface area (Å²) in [6.45, 7) is 3.87. The molecule has 132 valence electrons. The van der Waals surface area contributed by atoms with E-state index < -0.39 is 11.6 Å². The first-order valence-electron chi connectivity index (χ1n) is 8.04. The predicted octanol–water partition coefficient (Wildman–Crippen LogP) is 2.39. The SMILES string of the molecule is Cc1nc2ncnn2c(C)c1CCc1ncnn1-c1ccc(F)cc1F. The maximum Gasteiger partial charge on any atom is 0.252 e. The molecule has 0 amide bonds. The molecule has 0 unspecified atom stereocenters. The van der Waals surface area contributed by atoms with Crippen molar-refractivity contribution >= 4 is 5.78 Å². The predicted molar refractivity (Wildman–Crippen MR) is 88.9 cm³/mol. The van der Waals surface area contributed by atoms with E-state index in [1.807, 2.05) is 13.8 Å². The summed E-state index contributed by atoms with van der Waals surface area (Å²) in [5, 5.41) is 8.25. The Kier molecular flexibility index (Phi) is 3.90. The van der Waals surface area contributed by atoms with Crippen molar-refractivity contribution in [3.63, 3.8) is 0 Å². The van der Waals surface area contributed by atoms with Crippen LogP contribution in [0, 0.1) is 25.5 Å². The van der Waals surface area contributed by atoms with Gasteiger partial charge in [-0.1, -0.05) is 0 Å². The van der Waals surface area contributed by atoms with Crippen molar-refractivity contribution in [3.8, 4) is 5.69 Å². The van der Waals surface area contributed by atoms with Crippen molar-refractivity contribution < 1.29 is 8.78 Å². The first-order valence-corrected chi connectivity index (χ1v) is 8.04. The Balaban J connectivity index is 1.65. The van der Waals surface area contributed by atoms with E-state index in [1.165, 1.54) is 29.5 Å². The van der Waals surface area contributed by atoms with E-state index in [0.717, 1.165) is 23.0 Å². The quantitative estimate of drug-likeness (QED) is 0.562. The Morgan fingerprint density at radius 1 is 1.00 bits per heavy atom. The van der Waals surface area contributed by atoms with Crippen LogP contribution in [-0.2, 0) is 12.8 Å². The summed E-state index contributed by atoms with van der Waals surface area (Å²) >= 11 is 0. The molecule has 0 spiro atoms. The molecule has 7 nitrogen and oxygen atoms in total. The molecule has 0 N–H and O–H groups in total. The fourth-order valence-electron chi connectivity index (χ4n) is 3.04. The highest BCUT2D eigenvalue weighted by atomic mass is 19.1. The third kappa shape index (κ3) is 2.71. The minimum absolute atomic E-state index is 0.164. The summed E-state index contributed by atoms with van der Waals surface area (Å²) in [7, 11) is 0. The van der Waals surface area contributed by atoms with Crippen molar-refractivity contribution in [2.75, 3.05) is 0 Å². The van der Waals surface area contributed by atoms with Crippen LogP contribution in [-0.4, -0.2) is 34.3 Å². The summed E-state index contributed by atoms with van der Waals surface area (Å²) < 4.78 is 30.3. The van der Waals surface area contributed by atoms with Crippen molar-refractivity contribution in [3.05, 3.63) is 65.3 Å². The summed E-state index contributed by atoms with van der Waals surface area (Å²) in [6, 6.07) is 3.38. The zero-order chi connectivity index (χ0) is 18.3. The van der Waals surface area contributed by atoms with E-state index in [9.17, 15) is 8.78 Å². The second kappa shape index (κ2) is 6.25. The number of aromatic nitrogens is 7. The van der Waals surface area contributed by atoms with Crippen molar-refractivity contribution in [2.45, 2.75) is 26.7 Å². The summed E-state index contributed by atoms with van der Waals surface area (Å²) in [5.74, 6) is -0.186.